The summed E-state index contributed by atoms with van der Waals surface area (Å²) >= 11 is 18.3. The zero-order chi connectivity index (χ0) is 17.6. The van der Waals surface area contributed by atoms with Crippen LogP contribution in [0.2, 0.25) is 15.1 Å². The highest BCUT2D eigenvalue weighted by molar-refractivity contribution is 6.36. The number of benzene rings is 3. The first kappa shape index (κ1) is 17.9. The average Bonchev–Trinajstić information content (AvgIpc) is 2.61. The fraction of sp³-hybridized carbons (Fsp3) is 0.100. The number of rotatable bonds is 6. The minimum Gasteiger partial charge on any atom is -0.489 e. The number of nitrogens with one attached hydrogen (secondary N) is 1. The van der Waals surface area contributed by atoms with Crippen molar-refractivity contribution in [3.63, 3.8) is 0 Å². The summed E-state index contributed by atoms with van der Waals surface area (Å²) < 4.78 is 5.96. The van der Waals surface area contributed by atoms with Gasteiger partial charge in [-0.1, -0.05) is 65.1 Å². The normalized spacial score (nSPS) is 10.5. The third-order valence-electron chi connectivity index (χ3n) is 3.66. The minimum absolute atomic E-state index is 0.497. The van der Waals surface area contributed by atoms with E-state index in [-0.39, 0.29) is 0 Å². The Morgan fingerprint density at radius 3 is 2.28 bits per heavy atom. The van der Waals surface area contributed by atoms with Crippen LogP contribution in [0.4, 0.5) is 5.69 Å². The van der Waals surface area contributed by atoms with Gasteiger partial charge in [-0.05, 0) is 42.0 Å². The van der Waals surface area contributed by atoms with E-state index in [1.54, 1.807) is 12.1 Å². The summed E-state index contributed by atoms with van der Waals surface area (Å²) in [6.07, 6.45) is 0. The maximum Gasteiger partial charge on any atom is 0.124 e. The fourth-order valence-electron chi connectivity index (χ4n) is 2.39. The van der Waals surface area contributed by atoms with Crippen LogP contribution in [0.1, 0.15) is 11.1 Å². The minimum atomic E-state index is 0.497. The molecule has 0 aliphatic carbocycles. The van der Waals surface area contributed by atoms with Crippen LogP contribution in [0.3, 0.4) is 0 Å². The van der Waals surface area contributed by atoms with E-state index in [0.29, 0.717) is 28.2 Å². The molecule has 0 heterocycles. The summed E-state index contributed by atoms with van der Waals surface area (Å²) in [6, 6.07) is 21.0. The van der Waals surface area contributed by atoms with E-state index >= 15 is 0 Å². The first-order valence-corrected chi connectivity index (χ1v) is 8.89. The molecule has 3 aromatic carbocycles. The largest absolute Gasteiger partial charge is 0.489 e. The Morgan fingerprint density at radius 2 is 1.52 bits per heavy atom. The van der Waals surface area contributed by atoms with Crippen LogP contribution in [0.25, 0.3) is 0 Å². The highest BCUT2D eigenvalue weighted by Gasteiger charge is 2.07. The molecule has 3 rings (SSSR count). The Bertz CT molecular complexity index is 853. The molecule has 25 heavy (non-hydrogen) atoms. The molecule has 5 heteroatoms. The molecule has 0 aliphatic rings. The highest BCUT2D eigenvalue weighted by atomic mass is 35.5. The molecule has 0 bridgehead atoms. The van der Waals surface area contributed by atoms with Crippen LogP contribution in [0.5, 0.6) is 5.75 Å². The van der Waals surface area contributed by atoms with Crippen molar-refractivity contribution in [1.29, 1.82) is 0 Å². The van der Waals surface area contributed by atoms with E-state index in [2.05, 4.69) is 5.32 Å². The molecule has 0 amide bonds. The van der Waals surface area contributed by atoms with Crippen LogP contribution in [-0.2, 0) is 13.2 Å². The predicted octanol–water partition coefficient (Wildman–Crippen LogP) is 6.84. The maximum absolute atomic E-state index is 6.20. The first-order chi connectivity index (χ1) is 12.1. The SMILES string of the molecule is Clc1ccc(NCc2cc(Cl)ccc2OCc2ccccc2)c(Cl)c1. The standard InChI is InChI=1S/C20H16Cl3NO/c21-16-7-9-20(25-13-14-4-2-1-3-5-14)15(10-16)12-24-19-8-6-17(22)11-18(19)23/h1-11,24H,12-13H2. The summed E-state index contributed by atoms with van der Waals surface area (Å²) in [5.41, 5.74) is 2.87. The monoisotopic (exact) mass is 391 g/mol. The number of anilines is 1. The molecule has 0 radical (unpaired) electrons. The van der Waals surface area contributed by atoms with Gasteiger partial charge in [0.15, 0.2) is 0 Å². The second-order valence-corrected chi connectivity index (χ2v) is 6.78. The Morgan fingerprint density at radius 1 is 0.800 bits per heavy atom. The van der Waals surface area contributed by atoms with E-state index in [1.165, 1.54) is 0 Å². The molecule has 0 saturated heterocycles. The smallest absolute Gasteiger partial charge is 0.124 e. The van der Waals surface area contributed by atoms with Gasteiger partial charge in [0.25, 0.3) is 0 Å². The lowest BCUT2D eigenvalue weighted by Gasteiger charge is -2.14. The molecule has 0 atom stereocenters. The van der Waals surface area contributed by atoms with E-state index in [9.17, 15) is 0 Å². The van der Waals surface area contributed by atoms with Crippen molar-refractivity contribution in [2.75, 3.05) is 5.32 Å². The third kappa shape index (κ3) is 5.05. The van der Waals surface area contributed by atoms with Gasteiger partial charge < -0.3 is 10.1 Å². The Balaban J connectivity index is 1.72. The average molecular weight is 393 g/mol. The Labute approximate surface area is 162 Å². The van der Waals surface area contributed by atoms with Crippen LogP contribution >= 0.6 is 34.8 Å². The molecular weight excluding hydrogens is 377 g/mol. The lowest BCUT2D eigenvalue weighted by molar-refractivity contribution is 0.303. The summed E-state index contributed by atoms with van der Waals surface area (Å²) in [5.74, 6) is 0.783. The molecule has 1 N–H and O–H groups in total. The van der Waals surface area contributed by atoms with Gasteiger partial charge in [0.2, 0.25) is 0 Å². The molecule has 0 unspecified atom stereocenters. The summed E-state index contributed by atoms with van der Waals surface area (Å²) in [7, 11) is 0. The van der Waals surface area contributed by atoms with Crippen LogP contribution < -0.4 is 10.1 Å². The van der Waals surface area contributed by atoms with Crippen molar-refractivity contribution in [2.24, 2.45) is 0 Å². The van der Waals surface area contributed by atoms with E-state index in [0.717, 1.165) is 22.6 Å². The van der Waals surface area contributed by atoms with Gasteiger partial charge in [0.1, 0.15) is 12.4 Å². The predicted molar refractivity (Wildman–Crippen MR) is 106 cm³/mol. The highest BCUT2D eigenvalue weighted by Crippen LogP contribution is 2.28. The second kappa shape index (κ2) is 8.48. The maximum atomic E-state index is 6.20. The van der Waals surface area contributed by atoms with Crippen molar-refractivity contribution in [1.82, 2.24) is 0 Å². The molecule has 2 nitrogen and oxygen atoms in total. The van der Waals surface area contributed by atoms with E-state index in [4.69, 9.17) is 39.5 Å². The van der Waals surface area contributed by atoms with Gasteiger partial charge in [-0.25, -0.2) is 0 Å². The molecule has 0 saturated carbocycles. The van der Waals surface area contributed by atoms with Gasteiger partial charge in [-0.2, -0.15) is 0 Å². The van der Waals surface area contributed by atoms with Crippen LogP contribution in [0, 0.1) is 0 Å². The van der Waals surface area contributed by atoms with Crippen molar-refractivity contribution in [3.05, 3.63) is 92.9 Å². The van der Waals surface area contributed by atoms with Crippen molar-refractivity contribution < 1.29 is 4.74 Å². The summed E-state index contributed by atoms with van der Waals surface area (Å²) in [4.78, 5) is 0. The quantitative estimate of drug-likeness (QED) is 0.496. The lowest BCUT2D eigenvalue weighted by atomic mass is 10.2. The number of halogens is 3. The number of hydrogen-bond donors (Lipinski definition) is 1. The van der Waals surface area contributed by atoms with Crippen molar-refractivity contribution >= 4 is 40.5 Å². The van der Waals surface area contributed by atoms with Gasteiger partial charge >= 0.3 is 0 Å². The molecule has 0 spiro atoms. The second-order valence-electron chi connectivity index (χ2n) is 5.50. The Kier molecular flexibility index (Phi) is 6.09. The van der Waals surface area contributed by atoms with E-state index in [1.807, 2.05) is 54.6 Å². The van der Waals surface area contributed by atoms with E-state index < -0.39 is 0 Å². The first-order valence-electron chi connectivity index (χ1n) is 7.76. The van der Waals surface area contributed by atoms with Gasteiger partial charge in [0, 0.05) is 22.2 Å². The fourth-order valence-corrected chi connectivity index (χ4v) is 3.06. The molecule has 128 valence electrons. The van der Waals surface area contributed by atoms with Gasteiger partial charge in [-0.15, -0.1) is 0 Å². The molecule has 0 aliphatic heterocycles. The third-order valence-corrected chi connectivity index (χ3v) is 4.44. The molecular formula is C20H16Cl3NO. The zero-order valence-corrected chi connectivity index (χ0v) is 15.6. The van der Waals surface area contributed by atoms with Crippen molar-refractivity contribution in [3.8, 4) is 5.75 Å². The van der Waals surface area contributed by atoms with Crippen LogP contribution in [-0.4, -0.2) is 0 Å². The van der Waals surface area contributed by atoms with Gasteiger partial charge in [-0.3, -0.25) is 0 Å². The summed E-state index contributed by atoms with van der Waals surface area (Å²) in [5, 5.41) is 5.12. The lowest BCUT2D eigenvalue weighted by Crippen LogP contribution is -2.04. The number of hydrogen-bond acceptors (Lipinski definition) is 2. The van der Waals surface area contributed by atoms with Crippen molar-refractivity contribution in [2.45, 2.75) is 13.2 Å². The number of ether oxygens (including phenoxy) is 1. The molecule has 0 aromatic heterocycles. The van der Waals surface area contributed by atoms with Gasteiger partial charge in [0.05, 0.1) is 10.7 Å². The summed E-state index contributed by atoms with van der Waals surface area (Å²) in [6.45, 7) is 1.03. The molecule has 3 aromatic rings. The topological polar surface area (TPSA) is 21.3 Å². The van der Waals surface area contributed by atoms with Crippen LogP contribution in [0.15, 0.2) is 66.7 Å². The molecule has 0 fully saturated rings. The zero-order valence-electron chi connectivity index (χ0n) is 13.3. The Hall–Kier alpha value is -1.87.